The number of hydrogen-bond acceptors (Lipinski definition) is 3. The molecule has 2 unspecified atom stereocenters. The maximum absolute atomic E-state index is 12.8. The van der Waals surface area contributed by atoms with E-state index in [2.05, 4.69) is 5.32 Å². The summed E-state index contributed by atoms with van der Waals surface area (Å²) in [5, 5.41) is 11.6. The Bertz CT molecular complexity index is 446. The average Bonchev–Trinajstić information content (AvgIpc) is 2.39. The molecular weight excluding hydrogens is 253 g/mol. The number of halogens is 1. The highest BCUT2D eigenvalue weighted by Gasteiger charge is 2.22. The predicted octanol–water partition coefficient (Wildman–Crippen LogP) is 1.14. The van der Waals surface area contributed by atoms with Crippen molar-refractivity contribution in [2.45, 2.75) is 18.9 Å². The van der Waals surface area contributed by atoms with Crippen LogP contribution in [-0.4, -0.2) is 36.7 Å². The van der Waals surface area contributed by atoms with E-state index < -0.39 is 29.7 Å². The normalized spacial score (nSPS) is 13.6. The Hall–Kier alpha value is -1.95. The zero-order valence-corrected chi connectivity index (χ0v) is 10.7. The Labute approximate surface area is 110 Å². The van der Waals surface area contributed by atoms with Crippen LogP contribution in [0.2, 0.25) is 0 Å². The number of carbonyl (C=O) groups is 2. The van der Waals surface area contributed by atoms with Crippen molar-refractivity contribution in [2.24, 2.45) is 0 Å². The Morgan fingerprint density at radius 3 is 2.42 bits per heavy atom. The molecule has 2 atom stereocenters. The van der Waals surface area contributed by atoms with Crippen molar-refractivity contribution in [2.75, 3.05) is 13.7 Å². The van der Waals surface area contributed by atoms with Crippen LogP contribution in [0.4, 0.5) is 4.39 Å². The molecule has 6 heteroatoms. The minimum Gasteiger partial charge on any atom is -0.481 e. The van der Waals surface area contributed by atoms with Gasteiger partial charge in [0.15, 0.2) is 0 Å². The highest BCUT2D eigenvalue weighted by Crippen LogP contribution is 2.16. The molecule has 2 N–H and O–H groups in total. The van der Waals surface area contributed by atoms with Gasteiger partial charge in [0.05, 0.1) is 5.92 Å². The summed E-state index contributed by atoms with van der Waals surface area (Å²) in [7, 11) is 1.39. The smallest absolute Gasteiger partial charge is 0.312 e. The lowest BCUT2D eigenvalue weighted by Gasteiger charge is -2.15. The third kappa shape index (κ3) is 4.33. The molecule has 1 amide bonds. The van der Waals surface area contributed by atoms with Crippen molar-refractivity contribution in [3.8, 4) is 0 Å². The van der Waals surface area contributed by atoms with Gasteiger partial charge in [-0.3, -0.25) is 9.59 Å². The van der Waals surface area contributed by atoms with Crippen LogP contribution in [0.25, 0.3) is 0 Å². The molecule has 0 heterocycles. The summed E-state index contributed by atoms with van der Waals surface area (Å²) in [5.41, 5.74) is 0.430. The lowest BCUT2D eigenvalue weighted by atomic mass is 9.99. The Morgan fingerprint density at radius 2 is 1.95 bits per heavy atom. The van der Waals surface area contributed by atoms with Gasteiger partial charge in [-0.15, -0.1) is 0 Å². The molecule has 0 bridgehead atoms. The summed E-state index contributed by atoms with van der Waals surface area (Å²) in [6.07, 6.45) is -0.650. The zero-order chi connectivity index (χ0) is 14.4. The van der Waals surface area contributed by atoms with Gasteiger partial charge >= 0.3 is 5.97 Å². The van der Waals surface area contributed by atoms with Crippen LogP contribution in [0.15, 0.2) is 24.3 Å². The largest absolute Gasteiger partial charge is 0.481 e. The van der Waals surface area contributed by atoms with Crippen molar-refractivity contribution in [1.29, 1.82) is 0 Å². The standard InChI is InChI=1S/C13H16FNO4/c1-8(19-2)12(16)15-7-11(13(17)18)9-3-5-10(14)6-4-9/h3-6,8,11H,7H2,1-2H3,(H,15,16)(H,17,18). The predicted molar refractivity (Wildman–Crippen MR) is 66.3 cm³/mol. The molecule has 19 heavy (non-hydrogen) atoms. The zero-order valence-electron chi connectivity index (χ0n) is 10.7. The van der Waals surface area contributed by atoms with Crippen LogP contribution in [0, 0.1) is 5.82 Å². The molecule has 0 fully saturated rings. The van der Waals surface area contributed by atoms with Crippen molar-refractivity contribution in [3.05, 3.63) is 35.6 Å². The molecule has 0 aliphatic heterocycles. The SMILES string of the molecule is COC(C)C(=O)NCC(C(=O)O)c1ccc(F)cc1. The van der Waals surface area contributed by atoms with Crippen LogP contribution < -0.4 is 5.32 Å². The van der Waals surface area contributed by atoms with Gasteiger partial charge in [0.1, 0.15) is 11.9 Å². The maximum atomic E-state index is 12.8. The quantitative estimate of drug-likeness (QED) is 0.812. The second-order valence-corrected chi connectivity index (χ2v) is 4.07. The minimum absolute atomic E-state index is 0.0759. The van der Waals surface area contributed by atoms with Gasteiger partial charge in [-0.1, -0.05) is 12.1 Å². The fraction of sp³-hybridized carbons (Fsp3) is 0.385. The van der Waals surface area contributed by atoms with Crippen molar-refractivity contribution < 1.29 is 23.8 Å². The first-order chi connectivity index (χ1) is 8.95. The highest BCUT2D eigenvalue weighted by molar-refractivity contribution is 5.82. The van der Waals surface area contributed by atoms with Gasteiger partial charge < -0.3 is 15.2 Å². The molecule has 0 aliphatic rings. The number of ether oxygens (including phenoxy) is 1. The molecule has 1 aromatic carbocycles. The molecule has 104 valence electrons. The number of hydrogen-bond donors (Lipinski definition) is 2. The third-order valence-corrected chi connectivity index (χ3v) is 2.77. The van der Waals surface area contributed by atoms with Gasteiger partial charge in [-0.2, -0.15) is 0 Å². The van der Waals surface area contributed by atoms with Gasteiger partial charge in [0.25, 0.3) is 0 Å². The van der Waals surface area contributed by atoms with Crippen molar-refractivity contribution >= 4 is 11.9 Å². The van der Waals surface area contributed by atoms with E-state index >= 15 is 0 Å². The molecule has 0 radical (unpaired) electrons. The Kier molecular flexibility index (Phi) is 5.44. The second-order valence-electron chi connectivity index (χ2n) is 4.07. The lowest BCUT2D eigenvalue weighted by molar-refractivity contribution is -0.139. The summed E-state index contributed by atoms with van der Waals surface area (Å²) in [5.74, 6) is -2.84. The fourth-order valence-electron chi connectivity index (χ4n) is 1.50. The van der Waals surface area contributed by atoms with E-state index in [1.54, 1.807) is 6.92 Å². The van der Waals surface area contributed by atoms with Crippen LogP contribution in [0.3, 0.4) is 0 Å². The van der Waals surface area contributed by atoms with E-state index in [9.17, 15) is 14.0 Å². The summed E-state index contributed by atoms with van der Waals surface area (Å²) in [6, 6.07) is 5.15. The third-order valence-electron chi connectivity index (χ3n) is 2.77. The van der Waals surface area contributed by atoms with E-state index in [-0.39, 0.29) is 6.54 Å². The number of amides is 1. The molecule has 1 aromatic rings. The molecule has 0 spiro atoms. The van der Waals surface area contributed by atoms with Crippen LogP contribution in [-0.2, 0) is 14.3 Å². The first-order valence-corrected chi connectivity index (χ1v) is 5.74. The number of carbonyl (C=O) groups excluding carboxylic acids is 1. The van der Waals surface area contributed by atoms with E-state index in [0.29, 0.717) is 5.56 Å². The monoisotopic (exact) mass is 269 g/mol. The molecule has 0 saturated carbocycles. The Morgan fingerprint density at radius 1 is 1.37 bits per heavy atom. The first kappa shape index (κ1) is 15.1. The average molecular weight is 269 g/mol. The minimum atomic E-state index is -1.09. The number of nitrogens with one attached hydrogen (secondary N) is 1. The van der Waals surface area contributed by atoms with E-state index in [0.717, 1.165) is 0 Å². The Balaban J connectivity index is 2.72. The summed E-state index contributed by atoms with van der Waals surface area (Å²) in [4.78, 5) is 22.7. The van der Waals surface area contributed by atoms with E-state index in [1.807, 2.05) is 0 Å². The number of rotatable bonds is 6. The van der Waals surface area contributed by atoms with Crippen LogP contribution in [0.1, 0.15) is 18.4 Å². The second kappa shape index (κ2) is 6.84. The molecule has 0 saturated heterocycles. The van der Waals surface area contributed by atoms with Gasteiger partial charge in [-0.05, 0) is 24.6 Å². The molecule has 0 aromatic heterocycles. The summed E-state index contributed by atoms with van der Waals surface area (Å²) in [6.45, 7) is 1.48. The first-order valence-electron chi connectivity index (χ1n) is 5.74. The van der Waals surface area contributed by atoms with Gasteiger partial charge in [0, 0.05) is 13.7 Å². The van der Waals surface area contributed by atoms with Gasteiger partial charge in [-0.25, -0.2) is 4.39 Å². The number of carboxylic acid groups (broad SMARTS) is 1. The molecular formula is C13H16FNO4. The summed E-state index contributed by atoms with van der Waals surface area (Å²) >= 11 is 0. The van der Waals surface area contributed by atoms with Gasteiger partial charge in [0.2, 0.25) is 5.91 Å². The topological polar surface area (TPSA) is 75.6 Å². The molecule has 0 aliphatic carbocycles. The summed E-state index contributed by atoms with van der Waals surface area (Å²) < 4.78 is 17.6. The van der Waals surface area contributed by atoms with Crippen molar-refractivity contribution in [1.82, 2.24) is 5.32 Å². The van der Waals surface area contributed by atoms with E-state index in [1.165, 1.54) is 31.4 Å². The fourth-order valence-corrected chi connectivity index (χ4v) is 1.50. The number of carboxylic acids is 1. The van der Waals surface area contributed by atoms with Crippen LogP contribution in [0.5, 0.6) is 0 Å². The lowest BCUT2D eigenvalue weighted by Crippen LogP contribution is -2.38. The number of benzene rings is 1. The van der Waals surface area contributed by atoms with E-state index in [4.69, 9.17) is 9.84 Å². The van der Waals surface area contributed by atoms with Crippen molar-refractivity contribution in [3.63, 3.8) is 0 Å². The van der Waals surface area contributed by atoms with Crippen LogP contribution >= 0.6 is 0 Å². The highest BCUT2D eigenvalue weighted by atomic mass is 19.1. The molecule has 5 nitrogen and oxygen atoms in total. The number of aliphatic carboxylic acids is 1. The number of methoxy groups -OCH3 is 1. The molecule has 1 rings (SSSR count). The maximum Gasteiger partial charge on any atom is 0.312 e.